The van der Waals surface area contributed by atoms with Crippen LogP contribution in [0.15, 0.2) is 39.9 Å². The average Bonchev–Trinajstić information content (AvgIpc) is 3.44. The number of carbonyl (C=O) groups is 1. The number of aryl methyl sites for hydroxylation is 2. The van der Waals surface area contributed by atoms with Crippen molar-refractivity contribution in [1.82, 2.24) is 10.2 Å². The zero-order valence-electron chi connectivity index (χ0n) is 22.8. The van der Waals surface area contributed by atoms with E-state index in [1.54, 1.807) is 23.5 Å². The third kappa shape index (κ3) is 5.45. The maximum absolute atomic E-state index is 13.4. The van der Waals surface area contributed by atoms with Gasteiger partial charge in [0.1, 0.15) is 11.4 Å². The molecule has 0 spiro atoms. The number of aromatic amines is 1. The number of anilines is 3. The molecular formula is C30H33ClN4O3S. The number of thiophene rings is 1. The van der Waals surface area contributed by atoms with E-state index >= 15 is 0 Å². The Bertz CT molecular complexity index is 1620. The Hall–Kier alpha value is -3.23. The number of nitrogens with zero attached hydrogens (tertiary/aromatic N) is 1. The molecule has 204 valence electrons. The van der Waals surface area contributed by atoms with Crippen molar-refractivity contribution in [1.29, 1.82) is 0 Å². The standard InChI is InChI=1S/C30H33ClN4O3S/c1-15-12-18(35-34-15)13-17-7-10-22(36)24-19(14-17)20(31)8-9-21(24)32-25-26(28(38)27(25)37)33-29(30(3,4)5)23-11-6-16(2)39-23/h6,8-9,11-12,17,29,32-33H,7,10,13-14H2,1-5H3,(H,34,35)/t17?,29-/m0/s1. The second kappa shape index (κ2) is 10.4. The van der Waals surface area contributed by atoms with Crippen molar-refractivity contribution in [3.8, 4) is 0 Å². The second-order valence-electron chi connectivity index (χ2n) is 11.6. The number of Topliss-reactive ketones (excluding diaryl/α,β-unsaturated/α-hetero) is 1. The maximum Gasteiger partial charge on any atom is 0.253 e. The third-order valence-corrected chi connectivity index (χ3v) is 8.86. The van der Waals surface area contributed by atoms with Crippen LogP contribution in [0.1, 0.15) is 76.7 Å². The van der Waals surface area contributed by atoms with Crippen LogP contribution in [0.5, 0.6) is 0 Å². The van der Waals surface area contributed by atoms with Gasteiger partial charge in [-0.25, -0.2) is 0 Å². The molecule has 4 aromatic rings. The van der Waals surface area contributed by atoms with Crippen molar-refractivity contribution >= 4 is 45.8 Å². The molecular weight excluding hydrogens is 532 g/mol. The molecule has 39 heavy (non-hydrogen) atoms. The number of aromatic nitrogens is 2. The van der Waals surface area contributed by atoms with E-state index < -0.39 is 10.9 Å². The predicted octanol–water partition coefficient (Wildman–Crippen LogP) is 6.66. The number of fused-ring (bicyclic) bond motifs is 1. The van der Waals surface area contributed by atoms with Crippen LogP contribution in [0.25, 0.3) is 0 Å². The zero-order chi connectivity index (χ0) is 28.1. The van der Waals surface area contributed by atoms with Crippen LogP contribution in [-0.2, 0) is 12.8 Å². The molecule has 2 heterocycles. The first kappa shape index (κ1) is 27.3. The minimum atomic E-state index is -0.593. The van der Waals surface area contributed by atoms with E-state index in [9.17, 15) is 14.4 Å². The first-order valence-electron chi connectivity index (χ1n) is 13.2. The summed E-state index contributed by atoms with van der Waals surface area (Å²) < 4.78 is 0. The molecule has 2 aromatic carbocycles. The summed E-state index contributed by atoms with van der Waals surface area (Å²) in [6, 6.07) is 9.44. The Morgan fingerprint density at radius 3 is 2.49 bits per heavy atom. The highest BCUT2D eigenvalue weighted by molar-refractivity contribution is 7.12. The van der Waals surface area contributed by atoms with Crippen LogP contribution in [0, 0.1) is 25.2 Å². The van der Waals surface area contributed by atoms with Gasteiger partial charge in [0, 0.05) is 38.1 Å². The van der Waals surface area contributed by atoms with Crippen molar-refractivity contribution in [3.63, 3.8) is 0 Å². The lowest BCUT2D eigenvalue weighted by molar-refractivity contribution is 0.0979. The molecule has 5 rings (SSSR count). The van der Waals surface area contributed by atoms with Crippen molar-refractivity contribution in [2.24, 2.45) is 11.3 Å². The lowest BCUT2D eigenvalue weighted by Crippen LogP contribution is -2.39. The number of ketones is 1. The van der Waals surface area contributed by atoms with E-state index in [-0.39, 0.29) is 34.5 Å². The summed E-state index contributed by atoms with van der Waals surface area (Å²) >= 11 is 8.30. The Kier molecular flexibility index (Phi) is 7.29. The quantitative estimate of drug-likeness (QED) is 0.171. The van der Waals surface area contributed by atoms with E-state index in [2.05, 4.69) is 53.7 Å². The highest BCUT2D eigenvalue weighted by Crippen LogP contribution is 2.41. The molecule has 1 aliphatic carbocycles. The lowest BCUT2D eigenvalue weighted by atomic mass is 9.85. The fraction of sp³-hybridized carbons (Fsp3) is 0.400. The minimum Gasteiger partial charge on any atom is -0.372 e. The summed E-state index contributed by atoms with van der Waals surface area (Å²) in [6.45, 7) is 10.3. The van der Waals surface area contributed by atoms with Crippen LogP contribution in [0.2, 0.25) is 5.02 Å². The predicted molar refractivity (Wildman–Crippen MR) is 159 cm³/mol. The highest BCUT2D eigenvalue weighted by Gasteiger charge is 2.33. The topological polar surface area (TPSA) is 104 Å². The monoisotopic (exact) mass is 564 g/mol. The van der Waals surface area contributed by atoms with Crippen molar-refractivity contribution in [2.45, 2.75) is 66.3 Å². The summed E-state index contributed by atoms with van der Waals surface area (Å²) in [5, 5.41) is 14.3. The fourth-order valence-corrected chi connectivity index (χ4v) is 6.82. The first-order chi connectivity index (χ1) is 18.4. The fourth-order valence-electron chi connectivity index (χ4n) is 5.41. The number of carbonyl (C=O) groups excluding carboxylic acids is 1. The summed E-state index contributed by atoms with van der Waals surface area (Å²) in [5.41, 5.74) is 2.83. The Morgan fingerprint density at radius 2 is 1.85 bits per heavy atom. The van der Waals surface area contributed by atoms with Gasteiger partial charge in [-0.05, 0) is 80.3 Å². The van der Waals surface area contributed by atoms with Crippen molar-refractivity contribution in [3.05, 3.63) is 88.1 Å². The number of benzene rings is 1. The highest BCUT2D eigenvalue weighted by atomic mass is 35.5. The molecule has 1 unspecified atom stereocenters. The number of hydrogen-bond acceptors (Lipinski definition) is 7. The zero-order valence-corrected chi connectivity index (χ0v) is 24.4. The average molecular weight is 565 g/mol. The van der Waals surface area contributed by atoms with Gasteiger partial charge in [0.25, 0.3) is 10.9 Å². The van der Waals surface area contributed by atoms with E-state index in [1.165, 1.54) is 4.88 Å². The number of rotatable bonds is 7. The molecule has 2 atom stereocenters. The normalized spacial score (nSPS) is 16.7. The largest absolute Gasteiger partial charge is 0.372 e. The van der Waals surface area contributed by atoms with Gasteiger partial charge in [0.15, 0.2) is 5.78 Å². The molecule has 0 aliphatic heterocycles. The molecule has 0 saturated heterocycles. The van der Waals surface area contributed by atoms with Gasteiger partial charge >= 0.3 is 0 Å². The summed E-state index contributed by atoms with van der Waals surface area (Å²) in [5.74, 6) is 0.195. The molecule has 9 heteroatoms. The van der Waals surface area contributed by atoms with Crippen LogP contribution < -0.4 is 21.5 Å². The smallest absolute Gasteiger partial charge is 0.253 e. The van der Waals surface area contributed by atoms with E-state index in [4.69, 9.17) is 11.6 Å². The molecule has 0 bridgehead atoms. The Morgan fingerprint density at radius 1 is 1.10 bits per heavy atom. The van der Waals surface area contributed by atoms with E-state index in [0.717, 1.165) is 34.7 Å². The van der Waals surface area contributed by atoms with E-state index in [0.29, 0.717) is 29.1 Å². The molecule has 0 fully saturated rings. The first-order valence-corrected chi connectivity index (χ1v) is 14.4. The minimum absolute atomic E-state index is 0.0203. The van der Waals surface area contributed by atoms with Crippen molar-refractivity contribution < 1.29 is 4.79 Å². The van der Waals surface area contributed by atoms with Gasteiger partial charge in [-0.1, -0.05) is 32.4 Å². The SMILES string of the molecule is Cc1cc(CC2CCC(=O)c3c(Nc4c(N[C@@H](c5ccc(C)s5)C(C)(C)C)c(=O)c4=O)ccc(Cl)c3C2)[nH]n1. The Balaban J connectivity index is 1.46. The number of nitrogens with one attached hydrogen (secondary N) is 3. The molecule has 0 radical (unpaired) electrons. The number of H-pyrrole nitrogens is 1. The number of halogens is 1. The molecule has 0 amide bonds. The molecule has 2 aromatic heterocycles. The Labute approximate surface area is 236 Å². The van der Waals surface area contributed by atoms with Gasteiger partial charge in [-0.15, -0.1) is 11.3 Å². The maximum atomic E-state index is 13.4. The van der Waals surface area contributed by atoms with Crippen LogP contribution in [-0.4, -0.2) is 16.0 Å². The lowest BCUT2D eigenvalue weighted by Gasteiger charge is -2.32. The van der Waals surface area contributed by atoms with Crippen LogP contribution in [0.3, 0.4) is 0 Å². The molecule has 3 N–H and O–H groups in total. The van der Waals surface area contributed by atoms with Gasteiger partial charge in [-0.2, -0.15) is 5.10 Å². The van der Waals surface area contributed by atoms with Gasteiger partial charge < -0.3 is 10.6 Å². The van der Waals surface area contributed by atoms with Crippen molar-refractivity contribution in [2.75, 3.05) is 10.6 Å². The van der Waals surface area contributed by atoms with Gasteiger partial charge in [-0.3, -0.25) is 19.5 Å². The molecule has 7 nitrogen and oxygen atoms in total. The van der Waals surface area contributed by atoms with Crippen LogP contribution >= 0.6 is 22.9 Å². The second-order valence-corrected chi connectivity index (χ2v) is 13.4. The molecule has 1 aliphatic rings. The summed E-state index contributed by atoms with van der Waals surface area (Å²) in [6.07, 6.45) is 2.50. The number of hydrogen-bond donors (Lipinski definition) is 3. The third-order valence-electron chi connectivity index (χ3n) is 7.44. The van der Waals surface area contributed by atoms with E-state index in [1.807, 2.05) is 19.9 Å². The van der Waals surface area contributed by atoms with Gasteiger partial charge in [0.2, 0.25) is 0 Å². The summed E-state index contributed by atoms with van der Waals surface area (Å²) in [7, 11) is 0. The van der Waals surface area contributed by atoms with Gasteiger partial charge in [0.05, 0.1) is 11.7 Å². The molecule has 0 saturated carbocycles. The van der Waals surface area contributed by atoms with Crippen LogP contribution in [0.4, 0.5) is 17.1 Å². The summed E-state index contributed by atoms with van der Waals surface area (Å²) in [4.78, 5) is 41.2.